The summed E-state index contributed by atoms with van der Waals surface area (Å²) in [7, 11) is 0. The number of likely N-dealkylation sites (tertiary alicyclic amines) is 1. The number of Topliss-reactive ketones (excluding diaryl/α,β-unsaturated/α-hetero) is 1. The van der Waals surface area contributed by atoms with Crippen molar-refractivity contribution >= 4 is 23.3 Å². The van der Waals surface area contributed by atoms with Crippen molar-refractivity contribution in [2.24, 2.45) is 5.92 Å². The highest BCUT2D eigenvalue weighted by Gasteiger charge is 2.40. The zero-order valence-corrected chi connectivity index (χ0v) is 12.1. The van der Waals surface area contributed by atoms with E-state index in [0.29, 0.717) is 22.8 Å². The molecule has 2 fully saturated rings. The molecular formula is C16H18ClNO2. The number of benzene rings is 1. The van der Waals surface area contributed by atoms with E-state index < -0.39 is 0 Å². The van der Waals surface area contributed by atoms with Crippen LogP contribution in [0.15, 0.2) is 24.3 Å². The second-order valence-electron chi connectivity index (χ2n) is 5.68. The topological polar surface area (TPSA) is 37.4 Å². The van der Waals surface area contributed by atoms with Crippen LogP contribution in [-0.4, -0.2) is 29.2 Å². The molecule has 2 atom stereocenters. The quantitative estimate of drug-likeness (QED) is 0.838. The van der Waals surface area contributed by atoms with E-state index in [1.165, 1.54) is 0 Å². The molecule has 1 amide bonds. The average Bonchev–Trinajstić information content (AvgIpc) is 3.07. The third-order valence-corrected chi connectivity index (χ3v) is 4.72. The van der Waals surface area contributed by atoms with E-state index in [4.69, 9.17) is 11.6 Å². The molecule has 4 heteroatoms. The van der Waals surface area contributed by atoms with E-state index in [2.05, 4.69) is 0 Å². The van der Waals surface area contributed by atoms with Crippen molar-refractivity contribution in [3.63, 3.8) is 0 Å². The molecular weight excluding hydrogens is 274 g/mol. The fraction of sp³-hybridized carbons (Fsp3) is 0.500. The number of rotatable bonds is 2. The maximum Gasteiger partial charge on any atom is 0.254 e. The highest BCUT2D eigenvalue weighted by atomic mass is 35.5. The predicted octanol–water partition coefficient (Wildman–Crippen LogP) is 3.31. The normalized spacial score (nSPS) is 26.2. The zero-order chi connectivity index (χ0) is 14.1. The number of nitrogens with zero attached hydrogens (tertiary/aromatic N) is 1. The van der Waals surface area contributed by atoms with Crippen LogP contribution in [0.4, 0.5) is 0 Å². The van der Waals surface area contributed by atoms with E-state index >= 15 is 0 Å². The van der Waals surface area contributed by atoms with Crippen LogP contribution in [0.25, 0.3) is 0 Å². The maximum atomic E-state index is 12.6. The van der Waals surface area contributed by atoms with Crippen LogP contribution < -0.4 is 0 Å². The molecule has 1 aliphatic heterocycles. The van der Waals surface area contributed by atoms with Gasteiger partial charge in [-0.25, -0.2) is 0 Å². The van der Waals surface area contributed by atoms with Gasteiger partial charge in [0.05, 0.1) is 0 Å². The van der Waals surface area contributed by atoms with Crippen LogP contribution >= 0.6 is 11.6 Å². The summed E-state index contributed by atoms with van der Waals surface area (Å²) in [6.45, 7) is 0.760. The van der Waals surface area contributed by atoms with E-state index in [9.17, 15) is 9.59 Å². The lowest BCUT2D eigenvalue weighted by atomic mass is 9.94. The van der Waals surface area contributed by atoms with Crippen LogP contribution in [0.1, 0.15) is 42.5 Å². The molecule has 1 saturated heterocycles. The molecule has 0 N–H and O–H groups in total. The molecule has 0 aromatic heterocycles. The van der Waals surface area contributed by atoms with E-state index in [1.54, 1.807) is 24.3 Å². The number of hydrogen-bond acceptors (Lipinski definition) is 2. The minimum atomic E-state index is 0.0314. The Morgan fingerprint density at radius 1 is 1.15 bits per heavy atom. The minimum absolute atomic E-state index is 0.0314. The first-order valence-corrected chi connectivity index (χ1v) is 7.64. The van der Waals surface area contributed by atoms with Crippen molar-refractivity contribution in [2.45, 2.75) is 38.1 Å². The van der Waals surface area contributed by atoms with Gasteiger partial charge in [-0.3, -0.25) is 9.59 Å². The second-order valence-corrected chi connectivity index (χ2v) is 6.12. The van der Waals surface area contributed by atoms with Gasteiger partial charge in [0.25, 0.3) is 5.91 Å². The Bertz CT molecular complexity index is 526. The Morgan fingerprint density at radius 2 is 1.90 bits per heavy atom. The van der Waals surface area contributed by atoms with E-state index in [0.717, 1.165) is 32.2 Å². The molecule has 1 aliphatic carbocycles. The van der Waals surface area contributed by atoms with Crippen molar-refractivity contribution in [3.8, 4) is 0 Å². The molecule has 0 bridgehead atoms. The molecule has 1 aromatic rings. The first-order chi connectivity index (χ1) is 9.66. The van der Waals surface area contributed by atoms with Crippen molar-refractivity contribution < 1.29 is 9.59 Å². The number of halogens is 1. The van der Waals surface area contributed by atoms with Crippen LogP contribution in [0, 0.1) is 5.92 Å². The molecule has 1 heterocycles. The number of carbonyl (C=O) groups excluding carboxylic acids is 2. The van der Waals surface area contributed by atoms with Gasteiger partial charge in [0.2, 0.25) is 0 Å². The van der Waals surface area contributed by atoms with Crippen molar-refractivity contribution in [2.75, 3.05) is 6.54 Å². The molecule has 0 radical (unpaired) electrons. The van der Waals surface area contributed by atoms with Crippen molar-refractivity contribution in [1.29, 1.82) is 0 Å². The number of hydrogen-bond donors (Lipinski definition) is 0. The molecule has 106 valence electrons. The fourth-order valence-electron chi connectivity index (χ4n) is 3.47. The lowest BCUT2D eigenvalue weighted by Gasteiger charge is -2.28. The average molecular weight is 292 g/mol. The first kappa shape index (κ1) is 13.6. The highest BCUT2D eigenvalue weighted by Crippen LogP contribution is 2.34. The number of ketones is 1. The Kier molecular flexibility index (Phi) is 3.79. The summed E-state index contributed by atoms with van der Waals surface area (Å²) in [4.78, 5) is 26.5. The Hall–Kier alpha value is -1.35. The van der Waals surface area contributed by atoms with Crippen LogP contribution in [-0.2, 0) is 4.79 Å². The van der Waals surface area contributed by atoms with Crippen LogP contribution in [0.5, 0.6) is 0 Å². The van der Waals surface area contributed by atoms with Gasteiger partial charge in [0.1, 0.15) is 5.78 Å². The summed E-state index contributed by atoms with van der Waals surface area (Å²) in [5, 5.41) is 0.630. The van der Waals surface area contributed by atoms with Gasteiger partial charge in [0.15, 0.2) is 0 Å². The summed E-state index contributed by atoms with van der Waals surface area (Å²) >= 11 is 5.86. The van der Waals surface area contributed by atoms with Gasteiger partial charge in [-0.15, -0.1) is 0 Å². The lowest BCUT2D eigenvalue weighted by molar-refractivity contribution is -0.121. The molecule has 3 rings (SSSR count). The Morgan fingerprint density at radius 3 is 2.55 bits per heavy atom. The third-order valence-electron chi connectivity index (χ3n) is 4.47. The molecule has 2 aliphatic rings. The van der Waals surface area contributed by atoms with Gasteiger partial charge in [-0.05, 0) is 49.9 Å². The van der Waals surface area contributed by atoms with Gasteiger partial charge < -0.3 is 4.90 Å². The molecule has 1 aromatic carbocycles. The van der Waals surface area contributed by atoms with Gasteiger partial charge in [-0.2, -0.15) is 0 Å². The number of carbonyl (C=O) groups is 2. The lowest BCUT2D eigenvalue weighted by Crippen LogP contribution is -2.41. The monoisotopic (exact) mass is 291 g/mol. The Labute approximate surface area is 123 Å². The van der Waals surface area contributed by atoms with Gasteiger partial charge >= 0.3 is 0 Å². The summed E-state index contributed by atoms with van der Waals surface area (Å²) in [5.74, 6) is 0.434. The molecule has 20 heavy (non-hydrogen) atoms. The molecule has 3 nitrogen and oxygen atoms in total. The molecule has 1 saturated carbocycles. The summed E-state index contributed by atoms with van der Waals surface area (Å²) in [5.41, 5.74) is 0.659. The smallest absolute Gasteiger partial charge is 0.254 e. The predicted molar refractivity (Wildman–Crippen MR) is 77.9 cm³/mol. The van der Waals surface area contributed by atoms with Crippen LogP contribution in [0.2, 0.25) is 5.02 Å². The first-order valence-electron chi connectivity index (χ1n) is 7.26. The fourth-order valence-corrected chi connectivity index (χ4v) is 3.60. The molecule has 2 unspecified atom stereocenters. The summed E-state index contributed by atoms with van der Waals surface area (Å²) in [6.07, 6.45) is 4.55. The van der Waals surface area contributed by atoms with E-state index in [-0.39, 0.29) is 17.9 Å². The van der Waals surface area contributed by atoms with Gasteiger partial charge in [-0.1, -0.05) is 11.6 Å². The van der Waals surface area contributed by atoms with Crippen molar-refractivity contribution in [3.05, 3.63) is 34.9 Å². The van der Waals surface area contributed by atoms with Gasteiger partial charge in [0, 0.05) is 35.5 Å². The second kappa shape index (κ2) is 5.57. The van der Waals surface area contributed by atoms with Crippen LogP contribution in [0.3, 0.4) is 0 Å². The third kappa shape index (κ3) is 2.47. The molecule has 0 spiro atoms. The highest BCUT2D eigenvalue weighted by molar-refractivity contribution is 6.30. The summed E-state index contributed by atoms with van der Waals surface area (Å²) in [6, 6.07) is 7.10. The minimum Gasteiger partial charge on any atom is -0.335 e. The van der Waals surface area contributed by atoms with E-state index in [1.807, 2.05) is 4.90 Å². The maximum absolute atomic E-state index is 12.6. The summed E-state index contributed by atoms with van der Waals surface area (Å²) < 4.78 is 0. The Balaban J connectivity index is 1.79. The standard InChI is InChI=1S/C16H18ClNO2/c17-12-8-6-11(7-9-12)16(20)18-10-2-4-14(18)13-3-1-5-15(13)19/h6-9,13-14H,1-5,10H2. The van der Waals surface area contributed by atoms with Crippen molar-refractivity contribution in [1.82, 2.24) is 4.90 Å². The largest absolute Gasteiger partial charge is 0.335 e. The number of amides is 1. The SMILES string of the molecule is O=C1CCCC1C1CCCN1C(=O)c1ccc(Cl)cc1. The zero-order valence-electron chi connectivity index (χ0n) is 11.3.